The maximum absolute atomic E-state index is 4.33. The fourth-order valence-corrected chi connectivity index (χ4v) is 1.68. The average Bonchev–Trinajstić information content (AvgIpc) is 2.82. The third kappa shape index (κ3) is 2.85. The number of hydrogen-bond acceptors (Lipinski definition) is 4. The summed E-state index contributed by atoms with van der Waals surface area (Å²) in [7, 11) is 0. The third-order valence-corrected chi connectivity index (χ3v) is 2.64. The molecule has 0 spiro atoms. The fraction of sp³-hybridized carbons (Fsp3) is 0.455. The van der Waals surface area contributed by atoms with Crippen LogP contribution in [0, 0.1) is 5.92 Å². The standard InChI is InChI=1S/C11H15N5/c1-2-10(8-16-9-13-14-15-16)7-11-5-3-4-6-12-11/h3-6,9-10H,2,7-8H2,1H3. The summed E-state index contributed by atoms with van der Waals surface area (Å²) in [5.41, 5.74) is 1.13. The van der Waals surface area contributed by atoms with Crippen molar-refractivity contribution in [2.45, 2.75) is 26.3 Å². The van der Waals surface area contributed by atoms with E-state index < -0.39 is 0 Å². The Bertz CT molecular complexity index is 398. The summed E-state index contributed by atoms with van der Waals surface area (Å²) in [5, 5.41) is 11.1. The first kappa shape index (κ1) is 10.7. The van der Waals surface area contributed by atoms with E-state index in [0.717, 1.165) is 25.1 Å². The van der Waals surface area contributed by atoms with Crippen molar-refractivity contribution < 1.29 is 0 Å². The zero-order chi connectivity index (χ0) is 11.2. The molecule has 16 heavy (non-hydrogen) atoms. The van der Waals surface area contributed by atoms with E-state index in [1.807, 2.05) is 18.3 Å². The zero-order valence-electron chi connectivity index (χ0n) is 9.32. The monoisotopic (exact) mass is 217 g/mol. The van der Waals surface area contributed by atoms with Gasteiger partial charge >= 0.3 is 0 Å². The molecule has 2 rings (SSSR count). The van der Waals surface area contributed by atoms with Gasteiger partial charge < -0.3 is 0 Å². The Hall–Kier alpha value is -1.78. The van der Waals surface area contributed by atoms with Crippen LogP contribution in [0.3, 0.4) is 0 Å². The summed E-state index contributed by atoms with van der Waals surface area (Å²) in [6, 6.07) is 6.01. The van der Waals surface area contributed by atoms with Crippen molar-refractivity contribution in [2.24, 2.45) is 5.92 Å². The Morgan fingerprint density at radius 1 is 1.38 bits per heavy atom. The second kappa shape index (κ2) is 5.34. The van der Waals surface area contributed by atoms with Gasteiger partial charge in [0.1, 0.15) is 6.33 Å². The highest BCUT2D eigenvalue weighted by Crippen LogP contribution is 2.11. The van der Waals surface area contributed by atoms with Gasteiger partial charge in [-0.15, -0.1) is 5.10 Å². The molecule has 1 unspecified atom stereocenters. The molecule has 5 nitrogen and oxygen atoms in total. The largest absolute Gasteiger partial charge is 0.261 e. The van der Waals surface area contributed by atoms with Crippen LogP contribution in [0.5, 0.6) is 0 Å². The lowest BCUT2D eigenvalue weighted by Crippen LogP contribution is -2.14. The van der Waals surface area contributed by atoms with Gasteiger partial charge in [0.25, 0.3) is 0 Å². The number of hydrogen-bond donors (Lipinski definition) is 0. The number of aromatic nitrogens is 5. The predicted octanol–water partition coefficient (Wildman–Crippen LogP) is 1.34. The van der Waals surface area contributed by atoms with Crippen LogP contribution in [0.25, 0.3) is 0 Å². The Morgan fingerprint density at radius 2 is 2.31 bits per heavy atom. The summed E-state index contributed by atoms with van der Waals surface area (Å²) in [4.78, 5) is 4.33. The van der Waals surface area contributed by atoms with Crippen molar-refractivity contribution in [2.75, 3.05) is 0 Å². The van der Waals surface area contributed by atoms with Crippen LogP contribution in [-0.4, -0.2) is 25.2 Å². The van der Waals surface area contributed by atoms with Crippen molar-refractivity contribution in [3.05, 3.63) is 36.4 Å². The van der Waals surface area contributed by atoms with Gasteiger partial charge in [0, 0.05) is 18.4 Å². The van der Waals surface area contributed by atoms with Crippen LogP contribution in [0.4, 0.5) is 0 Å². The molecule has 1 atom stereocenters. The Labute approximate surface area is 94.5 Å². The Balaban J connectivity index is 1.96. The molecule has 0 aliphatic carbocycles. The molecule has 0 aliphatic rings. The van der Waals surface area contributed by atoms with Gasteiger partial charge in [-0.1, -0.05) is 19.4 Å². The average molecular weight is 217 g/mol. The molecule has 84 valence electrons. The van der Waals surface area contributed by atoms with E-state index in [1.54, 1.807) is 11.0 Å². The van der Waals surface area contributed by atoms with Crippen LogP contribution in [0.15, 0.2) is 30.7 Å². The smallest absolute Gasteiger partial charge is 0.138 e. The second-order valence-corrected chi connectivity index (χ2v) is 3.83. The van der Waals surface area contributed by atoms with Crippen LogP contribution >= 0.6 is 0 Å². The van der Waals surface area contributed by atoms with E-state index in [9.17, 15) is 0 Å². The van der Waals surface area contributed by atoms with E-state index in [2.05, 4.69) is 33.5 Å². The van der Waals surface area contributed by atoms with Crippen molar-refractivity contribution in [1.29, 1.82) is 0 Å². The maximum atomic E-state index is 4.33. The first-order chi connectivity index (χ1) is 7.88. The van der Waals surface area contributed by atoms with Gasteiger partial charge in [0.15, 0.2) is 0 Å². The van der Waals surface area contributed by atoms with Crippen LogP contribution in [0.1, 0.15) is 19.0 Å². The lowest BCUT2D eigenvalue weighted by atomic mass is 10.00. The topological polar surface area (TPSA) is 56.5 Å². The molecule has 0 N–H and O–H groups in total. The van der Waals surface area contributed by atoms with Crippen molar-refractivity contribution in [3.63, 3.8) is 0 Å². The van der Waals surface area contributed by atoms with E-state index in [1.165, 1.54) is 0 Å². The maximum Gasteiger partial charge on any atom is 0.138 e. The SMILES string of the molecule is CCC(Cc1ccccn1)Cn1cnnn1. The molecule has 0 saturated heterocycles. The normalized spacial score (nSPS) is 12.6. The van der Waals surface area contributed by atoms with Gasteiger partial charge in [-0.2, -0.15) is 0 Å². The first-order valence-electron chi connectivity index (χ1n) is 5.49. The number of tetrazole rings is 1. The minimum absolute atomic E-state index is 0.526. The van der Waals surface area contributed by atoms with Crippen molar-refractivity contribution in [3.8, 4) is 0 Å². The highest BCUT2D eigenvalue weighted by atomic mass is 15.5. The molecular formula is C11H15N5. The summed E-state index contributed by atoms with van der Waals surface area (Å²) >= 11 is 0. The van der Waals surface area contributed by atoms with Crippen LogP contribution in [-0.2, 0) is 13.0 Å². The second-order valence-electron chi connectivity index (χ2n) is 3.83. The molecule has 2 heterocycles. The fourth-order valence-electron chi connectivity index (χ4n) is 1.68. The first-order valence-corrected chi connectivity index (χ1v) is 5.49. The van der Waals surface area contributed by atoms with Crippen molar-refractivity contribution >= 4 is 0 Å². The van der Waals surface area contributed by atoms with Crippen LogP contribution in [0.2, 0.25) is 0 Å². The summed E-state index contributed by atoms with van der Waals surface area (Å²) in [6.45, 7) is 3.03. The van der Waals surface area contributed by atoms with Gasteiger partial charge in [0.05, 0.1) is 0 Å². The molecule has 0 aromatic carbocycles. The lowest BCUT2D eigenvalue weighted by molar-refractivity contribution is 0.395. The quantitative estimate of drug-likeness (QED) is 0.758. The molecule has 2 aromatic heterocycles. The van der Waals surface area contributed by atoms with Gasteiger partial charge in [-0.05, 0) is 34.9 Å². The molecule has 0 aliphatic heterocycles. The molecular weight excluding hydrogens is 202 g/mol. The minimum atomic E-state index is 0.526. The molecule has 5 heteroatoms. The van der Waals surface area contributed by atoms with E-state index >= 15 is 0 Å². The highest BCUT2D eigenvalue weighted by Gasteiger charge is 2.09. The van der Waals surface area contributed by atoms with Gasteiger partial charge in [0.2, 0.25) is 0 Å². The third-order valence-electron chi connectivity index (χ3n) is 2.64. The summed E-state index contributed by atoms with van der Waals surface area (Å²) < 4.78 is 1.77. The van der Waals surface area contributed by atoms with E-state index in [4.69, 9.17) is 0 Å². The molecule has 2 aromatic rings. The Morgan fingerprint density at radius 3 is 2.94 bits per heavy atom. The lowest BCUT2D eigenvalue weighted by Gasteiger charge is -2.13. The molecule has 0 bridgehead atoms. The van der Waals surface area contributed by atoms with E-state index in [-0.39, 0.29) is 0 Å². The van der Waals surface area contributed by atoms with Crippen LogP contribution < -0.4 is 0 Å². The molecule has 0 saturated carbocycles. The minimum Gasteiger partial charge on any atom is -0.261 e. The predicted molar refractivity (Wildman–Crippen MR) is 59.5 cm³/mol. The molecule has 0 fully saturated rings. The molecule has 0 radical (unpaired) electrons. The van der Waals surface area contributed by atoms with Gasteiger partial charge in [-0.25, -0.2) is 4.68 Å². The number of nitrogens with zero attached hydrogens (tertiary/aromatic N) is 5. The van der Waals surface area contributed by atoms with E-state index in [0.29, 0.717) is 5.92 Å². The highest BCUT2D eigenvalue weighted by molar-refractivity contribution is 5.04. The van der Waals surface area contributed by atoms with Gasteiger partial charge in [-0.3, -0.25) is 4.98 Å². The number of pyridine rings is 1. The summed E-state index contributed by atoms with van der Waals surface area (Å²) in [5.74, 6) is 0.526. The van der Waals surface area contributed by atoms with Crippen molar-refractivity contribution in [1.82, 2.24) is 25.2 Å². The number of rotatable bonds is 5. The summed E-state index contributed by atoms with van der Waals surface area (Å²) in [6.07, 6.45) is 5.55. The Kier molecular flexibility index (Phi) is 3.58. The zero-order valence-corrected chi connectivity index (χ0v) is 9.32. The molecule has 0 amide bonds.